The highest BCUT2D eigenvalue weighted by Crippen LogP contribution is 2.31. The summed E-state index contributed by atoms with van der Waals surface area (Å²) in [5.74, 6) is 0.360. The van der Waals surface area contributed by atoms with Gasteiger partial charge in [0.05, 0.1) is 16.3 Å². The first kappa shape index (κ1) is 23.6. The number of benzene rings is 1. The molecule has 1 aliphatic rings. The number of likely N-dealkylation sites (N-methyl/N-ethyl adjacent to an activating group) is 1. The Morgan fingerprint density at radius 2 is 1.76 bits per heavy atom. The molecule has 1 N–H and O–H groups in total. The van der Waals surface area contributed by atoms with Crippen LogP contribution in [-0.4, -0.2) is 69.8 Å². The van der Waals surface area contributed by atoms with Gasteiger partial charge < -0.3 is 15.1 Å². The van der Waals surface area contributed by atoms with Gasteiger partial charge in [0, 0.05) is 45.7 Å². The van der Waals surface area contributed by atoms with Crippen LogP contribution in [0, 0.1) is 5.92 Å². The highest BCUT2D eigenvalue weighted by atomic mass is 32.2. The van der Waals surface area contributed by atoms with Crippen molar-refractivity contribution >= 4 is 27.3 Å². The molecule has 1 fully saturated rings. The molecule has 1 aromatic carbocycles. The molecule has 164 valence electrons. The van der Waals surface area contributed by atoms with Gasteiger partial charge in [0.15, 0.2) is 0 Å². The summed E-state index contributed by atoms with van der Waals surface area (Å²) in [5, 5.41) is 2.98. The maximum atomic E-state index is 13.0. The summed E-state index contributed by atoms with van der Waals surface area (Å²) in [6.45, 7) is 12.2. The van der Waals surface area contributed by atoms with E-state index in [1.165, 1.54) is 4.31 Å². The SMILES string of the molecule is CCN(CC)S(=O)(=O)c1ccc(N2CCN(C)CC2)c(NC(=O)CCC(C)C)c1. The Morgan fingerprint density at radius 3 is 2.31 bits per heavy atom. The van der Waals surface area contributed by atoms with E-state index in [0.29, 0.717) is 31.1 Å². The highest BCUT2D eigenvalue weighted by molar-refractivity contribution is 7.89. The Balaban J connectivity index is 2.36. The van der Waals surface area contributed by atoms with Crippen molar-refractivity contribution in [2.75, 3.05) is 56.5 Å². The fraction of sp³-hybridized carbons (Fsp3) is 0.667. The van der Waals surface area contributed by atoms with Crippen LogP contribution >= 0.6 is 0 Å². The van der Waals surface area contributed by atoms with E-state index in [-0.39, 0.29) is 10.8 Å². The molecular formula is C21H36N4O3S. The first-order valence-corrected chi connectivity index (χ1v) is 12.0. The fourth-order valence-electron chi connectivity index (χ4n) is 3.44. The molecule has 8 heteroatoms. The summed E-state index contributed by atoms with van der Waals surface area (Å²) < 4.78 is 27.4. The minimum atomic E-state index is -3.59. The molecule has 1 amide bonds. The van der Waals surface area contributed by atoms with Crippen molar-refractivity contribution in [1.29, 1.82) is 0 Å². The third kappa shape index (κ3) is 6.17. The Kier molecular flexibility index (Phi) is 8.48. The largest absolute Gasteiger partial charge is 0.367 e. The summed E-state index contributed by atoms with van der Waals surface area (Å²) in [7, 11) is -1.50. The van der Waals surface area contributed by atoms with Crippen molar-refractivity contribution in [3.05, 3.63) is 18.2 Å². The van der Waals surface area contributed by atoms with Gasteiger partial charge in [0.1, 0.15) is 0 Å². The van der Waals surface area contributed by atoms with Crippen molar-refractivity contribution in [2.24, 2.45) is 5.92 Å². The van der Waals surface area contributed by atoms with Gasteiger partial charge in [-0.1, -0.05) is 27.7 Å². The lowest BCUT2D eigenvalue weighted by atomic mass is 10.1. The number of piperazine rings is 1. The van der Waals surface area contributed by atoms with Crippen molar-refractivity contribution in [1.82, 2.24) is 9.21 Å². The maximum Gasteiger partial charge on any atom is 0.243 e. The van der Waals surface area contributed by atoms with Gasteiger partial charge in [0.25, 0.3) is 0 Å². The van der Waals surface area contributed by atoms with E-state index in [2.05, 4.69) is 36.0 Å². The molecule has 1 saturated heterocycles. The number of nitrogens with one attached hydrogen (secondary N) is 1. The molecule has 1 aliphatic heterocycles. The molecule has 0 aliphatic carbocycles. The summed E-state index contributed by atoms with van der Waals surface area (Å²) >= 11 is 0. The number of carbonyl (C=O) groups is 1. The molecular weight excluding hydrogens is 388 g/mol. The summed E-state index contributed by atoms with van der Waals surface area (Å²) in [5.41, 5.74) is 1.46. The Labute approximate surface area is 176 Å². The van der Waals surface area contributed by atoms with Crippen LogP contribution in [0.15, 0.2) is 23.1 Å². The number of carbonyl (C=O) groups excluding carboxylic acids is 1. The van der Waals surface area contributed by atoms with Crippen molar-refractivity contribution in [3.8, 4) is 0 Å². The molecule has 1 heterocycles. The van der Waals surface area contributed by atoms with Gasteiger partial charge in [0.2, 0.25) is 15.9 Å². The van der Waals surface area contributed by atoms with E-state index in [1.807, 2.05) is 19.9 Å². The maximum absolute atomic E-state index is 13.0. The number of rotatable bonds is 9. The van der Waals surface area contributed by atoms with Crippen LogP contribution in [0.25, 0.3) is 0 Å². The highest BCUT2D eigenvalue weighted by Gasteiger charge is 2.25. The molecule has 0 unspecified atom stereocenters. The molecule has 0 bridgehead atoms. The van der Waals surface area contributed by atoms with Gasteiger partial charge in [-0.25, -0.2) is 8.42 Å². The average molecular weight is 425 g/mol. The molecule has 2 rings (SSSR count). The third-order valence-electron chi connectivity index (χ3n) is 5.38. The molecule has 0 radical (unpaired) electrons. The third-order valence-corrected chi connectivity index (χ3v) is 7.42. The number of nitrogens with zero attached hydrogens (tertiary/aromatic N) is 3. The van der Waals surface area contributed by atoms with Crippen LogP contribution in [0.3, 0.4) is 0 Å². The Hall–Kier alpha value is -1.64. The number of sulfonamides is 1. The Bertz CT molecular complexity index is 783. The second-order valence-corrected chi connectivity index (χ2v) is 9.98. The minimum Gasteiger partial charge on any atom is -0.367 e. The first-order valence-electron chi connectivity index (χ1n) is 10.6. The minimum absolute atomic E-state index is 0.0773. The predicted octanol–water partition coefficient (Wildman–Crippen LogP) is 2.84. The van der Waals surface area contributed by atoms with Crippen molar-refractivity contribution < 1.29 is 13.2 Å². The lowest BCUT2D eigenvalue weighted by molar-refractivity contribution is -0.116. The summed E-state index contributed by atoms with van der Waals surface area (Å²) in [6.07, 6.45) is 1.22. The van der Waals surface area contributed by atoms with Crippen LogP contribution in [0.1, 0.15) is 40.5 Å². The van der Waals surface area contributed by atoms with Crippen molar-refractivity contribution in [3.63, 3.8) is 0 Å². The van der Waals surface area contributed by atoms with E-state index in [1.54, 1.807) is 12.1 Å². The number of hydrogen-bond acceptors (Lipinski definition) is 5. The number of amides is 1. The lowest BCUT2D eigenvalue weighted by Gasteiger charge is -2.35. The van der Waals surface area contributed by atoms with Crippen LogP contribution in [0.2, 0.25) is 0 Å². The van der Waals surface area contributed by atoms with E-state index in [0.717, 1.165) is 38.3 Å². The molecule has 1 aromatic rings. The van der Waals surface area contributed by atoms with Gasteiger partial charge in [-0.2, -0.15) is 4.31 Å². The van der Waals surface area contributed by atoms with Crippen molar-refractivity contribution in [2.45, 2.75) is 45.4 Å². The Morgan fingerprint density at radius 1 is 1.14 bits per heavy atom. The second kappa shape index (κ2) is 10.4. The molecule has 0 aromatic heterocycles. The van der Waals surface area contributed by atoms with E-state index in [9.17, 15) is 13.2 Å². The van der Waals surface area contributed by atoms with E-state index >= 15 is 0 Å². The summed E-state index contributed by atoms with van der Waals surface area (Å²) in [4.78, 5) is 17.2. The standard InChI is InChI=1S/C21H36N4O3S/c1-6-25(7-2)29(27,28)18-9-10-20(24-14-12-23(5)13-15-24)19(16-18)22-21(26)11-8-17(3)4/h9-10,16-17H,6-8,11-15H2,1-5H3,(H,22,26). The van der Waals surface area contributed by atoms with Crippen LogP contribution < -0.4 is 10.2 Å². The first-order chi connectivity index (χ1) is 13.7. The van der Waals surface area contributed by atoms with Crippen LogP contribution in [-0.2, 0) is 14.8 Å². The molecule has 29 heavy (non-hydrogen) atoms. The summed E-state index contributed by atoms with van der Waals surface area (Å²) in [6, 6.07) is 5.11. The quantitative estimate of drug-likeness (QED) is 0.660. The molecule has 7 nitrogen and oxygen atoms in total. The fourth-order valence-corrected chi connectivity index (χ4v) is 4.93. The zero-order valence-corrected chi connectivity index (χ0v) is 19.3. The second-order valence-electron chi connectivity index (χ2n) is 8.04. The zero-order valence-electron chi connectivity index (χ0n) is 18.4. The monoisotopic (exact) mass is 424 g/mol. The van der Waals surface area contributed by atoms with Crippen LogP contribution in [0.4, 0.5) is 11.4 Å². The van der Waals surface area contributed by atoms with E-state index < -0.39 is 10.0 Å². The van der Waals surface area contributed by atoms with Gasteiger partial charge >= 0.3 is 0 Å². The van der Waals surface area contributed by atoms with Gasteiger partial charge in [-0.3, -0.25) is 4.79 Å². The molecule has 0 spiro atoms. The predicted molar refractivity (Wildman–Crippen MR) is 119 cm³/mol. The smallest absolute Gasteiger partial charge is 0.243 e. The lowest BCUT2D eigenvalue weighted by Crippen LogP contribution is -2.44. The molecule has 0 atom stereocenters. The topological polar surface area (TPSA) is 73.0 Å². The molecule has 0 saturated carbocycles. The van der Waals surface area contributed by atoms with Crippen LogP contribution in [0.5, 0.6) is 0 Å². The van der Waals surface area contributed by atoms with E-state index in [4.69, 9.17) is 0 Å². The zero-order chi connectivity index (χ0) is 21.6. The average Bonchev–Trinajstić information content (AvgIpc) is 2.68. The normalized spacial score (nSPS) is 15.9. The van der Waals surface area contributed by atoms with Gasteiger partial charge in [-0.15, -0.1) is 0 Å². The number of anilines is 2. The van der Waals surface area contributed by atoms with Gasteiger partial charge in [-0.05, 0) is 37.6 Å². The number of hydrogen-bond donors (Lipinski definition) is 1.